The van der Waals surface area contributed by atoms with Crippen molar-refractivity contribution in [2.75, 3.05) is 5.32 Å². The molecule has 5 rings (SSSR count). The Labute approximate surface area is 197 Å². The lowest BCUT2D eigenvalue weighted by atomic mass is 9.87. The number of aromatic nitrogens is 1. The Bertz CT molecular complexity index is 1190. The molecule has 2 aromatic rings. The zero-order chi connectivity index (χ0) is 22.8. The van der Waals surface area contributed by atoms with Gasteiger partial charge in [0.15, 0.2) is 5.13 Å². The average molecular weight is 483 g/mol. The van der Waals surface area contributed by atoms with E-state index in [-0.39, 0.29) is 22.8 Å². The highest BCUT2D eigenvalue weighted by Gasteiger charge is 2.32. The molecule has 1 aliphatic heterocycles. The van der Waals surface area contributed by atoms with E-state index >= 15 is 0 Å². The smallest absolute Gasteiger partial charge is 0.277 e. The molecule has 0 bridgehead atoms. The molecule has 1 saturated carbocycles. The average Bonchev–Trinajstić information content (AvgIpc) is 3.59. The van der Waals surface area contributed by atoms with Gasteiger partial charge in [0.2, 0.25) is 5.91 Å². The number of carbonyl (C=O) groups is 1. The predicted molar refractivity (Wildman–Crippen MR) is 129 cm³/mol. The number of amides is 1. The van der Waals surface area contributed by atoms with E-state index in [1.807, 2.05) is 29.7 Å². The molecule has 0 spiro atoms. The second kappa shape index (κ2) is 9.24. The Morgan fingerprint density at radius 3 is 2.70 bits per heavy atom. The minimum Gasteiger partial charge on any atom is -0.301 e. The Balaban J connectivity index is 1.37. The molecular weight excluding hydrogens is 456 g/mol. The first-order valence-electron chi connectivity index (χ1n) is 11.2. The lowest BCUT2D eigenvalue weighted by molar-refractivity contribution is -0.118. The number of benzene rings is 1. The van der Waals surface area contributed by atoms with Crippen LogP contribution >= 0.6 is 11.3 Å². The number of nitrogens with one attached hydrogen (secondary N) is 2. The number of thiazole rings is 1. The van der Waals surface area contributed by atoms with E-state index in [1.54, 1.807) is 36.7 Å². The Morgan fingerprint density at radius 2 is 2.00 bits per heavy atom. The van der Waals surface area contributed by atoms with Crippen LogP contribution in [0.25, 0.3) is 0 Å². The molecule has 2 N–H and O–H groups in total. The second-order valence-corrected chi connectivity index (χ2v) is 11.3. The molecule has 9 heteroatoms. The lowest BCUT2D eigenvalue weighted by Gasteiger charge is -2.21. The minimum absolute atomic E-state index is 0.0963. The Morgan fingerprint density at radius 1 is 1.21 bits per heavy atom. The fourth-order valence-electron chi connectivity index (χ4n) is 4.68. The quantitative estimate of drug-likeness (QED) is 0.613. The molecule has 3 aliphatic rings. The van der Waals surface area contributed by atoms with E-state index in [2.05, 4.69) is 15.7 Å². The first-order valence-corrected chi connectivity index (χ1v) is 13.5. The van der Waals surface area contributed by atoms with Crippen molar-refractivity contribution in [3.8, 4) is 0 Å². The van der Waals surface area contributed by atoms with Gasteiger partial charge in [-0.15, -0.1) is 11.3 Å². The number of hydrogen-bond donors (Lipinski definition) is 2. The molecule has 0 saturated heterocycles. The maximum atomic E-state index is 13.2. The summed E-state index contributed by atoms with van der Waals surface area (Å²) in [5, 5.41) is 5.33. The Kier molecular flexibility index (Phi) is 6.18. The van der Waals surface area contributed by atoms with Crippen molar-refractivity contribution in [2.24, 2.45) is 5.92 Å². The molecule has 2 aliphatic carbocycles. The van der Waals surface area contributed by atoms with Gasteiger partial charge in [0.1, 0.15) is 0 Å². The molecule has 2 atom stereocenters. The summed E-state index contributed by atoms with van der Waals surface area (Å²) in [5.74, 6) is 0.0605. The van der Waals surface area contributed by atoms with Gasteiger partial charge < -0.3 is 5.32 Å². The summed E-state index contributed by atoms with van der Waals surface area (Å²) >= 11 is 1.39. The van der Waals surface area contributed by atoms with Crippen molar-refractivity contribution in [3.05, 3.63) is 77.5 Å². The van der Waals surface area contributed by atoms with Crippen LogP contribution in [0, 0.1) is 5.92 Å². The van der Waals surface area contributed by atoms with Crippen molar-refractivity contribution in [2.45, 2.75) is 49.0 Å². The van der Waals surface area contributed by atoms with Crippen molar-refractivity contribution in [1.29, 1.82) is 0 Å². The first kappa shape index (κ1) is 22.1. The summed E-state index contributed by atoms with van der Waals surface area (Å²) in [6, 6.07) is 6.58. The molecule has 7 nitrogen and oxygen atoms in total. The van der Waals surface area contributed by atoms with Crippen molar-refractivity contribution in [3.63, 3.8) is 0 Å². The number of anilines is 1. The van der Waals surface area contributed by atoms with Crippen LogP contribution in [0.1, 0.15) is 43.6 Å². The van der Waals surface area contributed by atoms with Crippen LogP contribution in [0.3, 0.4) is 0 Å². The molecule has 1 aromatic heterocycles. The lowest BCUT2D eigenvalue weighted by Crippen LogP contribution is -2.39. The van der Waals surface area contributed by atoms with E-state index in [4.69, 9.17) is 0 Å². The fraction of sp³-hybridized carbons (Fsp3) is 0.333. The van der Waals surface area contributed by atoms with Gasteiger partial charge in [-0.05, 0) is 35.6 Å². The summed E-state index contributed by atoms with van der Waals surface area (Å²) in [4.78, 5) is 17.5. The monoisotopic (exact) mass is 482 g/mol. The maximum Gasteiger partial charge on any atom is 0.277 e. The summed E-state index contributed by atoms with van der Waals surface area (Å²) < 4.78 is 27.5. The third kappa shape index (κ3) is 4.66. The third-order valence-corrected chi connectivity index (χ3v) is 8.74. The highest BCUT2D eigenvalue weighted by atomic mass is 32.2. The number of hydrogen-bond acceptors (Lipinski definition) is 6. The topological polar surface area (TPSA) is 91.4 Å². The number of sulfonamides is 1. The number of carbonyl (C=O) groups excluding carboxylic acids is 1. The van der Waals surface area contributed by atoms with E-state index in [0.29, 0.717) is 11.0 Å². The molecule has 1 amide bonds. The van der Waals surface area contributed by atoms with Gasteiger partial charge in [-0.25, -0.2) is 14.8 Å². The number of hydrazine groups is 1. The summed E-state index contributed by atoms with van der Waals surface area (Å²) in [7, 11) is -3.75. The normalized spacial score (nSPS) is 21.2. The van der Waals surface area contributed by atoms with Crippen LogP contribution in [0.4, 0.5) is 5.13 Å². The minimum atomic E-state index is -3.75. The molecule has 172 valence electrons. The zero-order valence-corrected chi connectivity index (χ0v) is 19.7. The van der Waals surface area contributed by atoms with Gasteiger partial charge in [0, 0.05) is 17.8 Å². The number of fused-ring (bicyclic) bond motifs is 1. The van der Waals surface area contributed by atoms with Crippen molar-refractivity contribution >= 4 is 32.4 Å². The summed E-state index contributed by atoms with van der Waals surface area (Å²) in [5.41, 5.74) is 4.72. The molecule has 2 unspecified atom stereocenters. The zero-order valence-electron chi connectivity index (χ0n) is 18.1. The standard InChI is InChI=1S/C24H26N4O3S2/c29-23(26-24-25-13-14-32-24)21(15-17-5-1-2-6-17)18-9-11-20(12-10-18)33(30,31)28-16-19-7-3-4-8-22(19)27-28/h3-4,7-14,16-17,21-22,27H,1-2,5-6,15H2,(H,25,26,29). The highest BCUT2D eigenvalue weighted by molar-refractivity contribution is 7.89. The van der Waals surface area contributed by atoms with Gasteiger partial charge in [-0.1, -0.05) is 62.1 Å². The van der Waals surface area contributed by atoms with Crippen molar-refractivity contribution < 1.29 is 13.2 Å². The van der Waals surface area contributed by atoms with Crippen molar-refractivity contribution in [1.82, 2.24) is 14.8 Å². The van der Waals surface area contributed by atoms with Crippen LogP contribution in [-0.2, 0) is 14.8 Å². The van der Waals surface area contributed by atoms with Crippen LogP contribution in [0.2, 0.25) is 0 Å². The van der Waals surface area contributed by atoms with Gasteiger partial charge in [-0.3, -0.25) is 4.79 Å². The van der Waals surface area contributed by atoms with Gasteiger partial charge in [0.05, 0.1) is 16.9 Å². The predicted octanol–water partition coefficient (Wildman–Crippen LogP) is 4.33. The number of rotatable bonds is 7. The number of nitrogens with zero attached hydrogens (tertiary/aromatic N) is 2. The van der Waals surface area contributed by atoms with Gasteiger partial charge in [0.25, 0.3) is 10.0 Å². The fourth-order valence-corrected chi connectivity index (χ4v) is 6.44. The molecule has 2 heterocycles. The summed E-state index contributed by atoms with van der Waals surface area (Å²) in [6.07, 6.45) is 16.3. The summed E-state index contributed by atoms with van der Waals surface area (Å²) in [6.45, 7) is 0. The second-order valence-electron chi connectivity index (χ2n) is 8.62. The molecule has 33 heavy (non-hydrogen) atoms. The van der Waals surface area contributed by atoms with Crippen LogP contribution < -0.4 is 10.7 Å². The maximum absolute atomic E-state index is 13.2. The first-order chi connectivity index (χ1) is 16.0. The van der Waals surface area contributed by atoms with E-state index < -0.39 is 10.0 Å². The molecule has 1 aromatic carbocycles. The van der Waals surface area contributed by atoms with Crippen LogP contribution in [0.5, 0.6) is 0 Å². The van der Waals surface area contributed by atoms with Gasteiger partial charge >= 0.3 is 0 Å². The molecular formula is C24H26N4O3S2. The number of allylic oxidation sites excluding steroid dienone is 2. The molecule has 0 radical (unpaired) electrons. The van der Waals surface area contributed by atoms with E-state index in [1.165, 1.54) is 28.6 Å². The van der Waals surface area contributed by atoms with E-state index in [9.17, 15) is 13.2 Å². The van der Waals surface area contributed by atoms with Crippen LogP contribution in [-0.4, -0.2) is 29.8 Å². The molecule has 1 fully saturated rings. The van der Waals surface area contributed by atoms with E-state index in [0.717, 1.165) is 30.4 Å². The van der Waals surface area contributed by atoms with Crippen LogP contribution in [0.15, 0.2) is 76.8 Å². The SMILES string of the molecule is O=C(Nc1nccs1)C(CC1CCCC1)c1ccc(S(=O)(=O)N2C=C3C=CC=CC3N2)cc1. The largest absolute Gasteiger partial charge is 0.301 e. The van der Waals surface area contributed by atoms with Gasteiger partial charge in [-0.2, -0.15) is 8.42 Å². The highest BCUT2D eigenvalue weighted by Crippen LogP contribution is 2.35. The Hall–Kier alpha value is -2.75. The third-order valence-electron chi connectivity index (χ3n) is 6.46.